The molecule has 1 rings (SSSR count). The van der Waals surface area contributed by atoms with E-state index in [4.69, 9.17) is 0 Å². The van der Waals surface area contributed by atoms with Gasteiger partial charge in [-0.3, -0.25) is 0 Å². The zero-order valence-electron chi connectivity index (χ0n) is 2.62. The molecule has 0 aromatic heterocycles. The van der Waals surface area contributed by atoms with E-state index in [2.05, 4.69) is 45.2 Å². The Hall–Kier alpha value is 1.46. The lowest BCUT2D eigenvalue weighted by Crippen LogP contribution is -1.61. The van der Waals surface area contributed by atoms with Crippen LogP contribution in [0, 0.1) is 0 Å². The van der Waals surface area contributed by atoms with E-state index in [0.29, 0.717) is 0 Å². The molecule has 1 saturated carbocycles. The summed E-state index contributed by atoms with van der Waals surface area (Å²) < 4.78 is 2.02. The van der Waals surface area contributed by atoms with Gasteiger partial charge in [0.25, 0.3) is 0 Å². The van der Waals surface area contributed by atoms with Gasteiger partial charge >= 0.3 is 0 Å². The predicted molar refractivity (Wildman–Crippen MR) is 40.2 cm³/mol. The number of rotatable bonds is 0. The summed E-state index contributed by atoms with van der Waals surface area (Å²) in [7, 11) is 0. The average Bonchev–Trinajstić information content (AvgIpc) is 1.79. The van der Waals surface area contributed by atoms with Crippen molar-refractivity contribution in [2.45, 2.75) is 14.3 Å². The molecule has 0 N–H and O–H groups in total. The molecule has 1 unspecified atom stereocenters. The normalized spacial score (nSPS) is 49.2. The van der Waals surface area contributed by atoms with Crippen LogP contribution in [0.2, 0.25) is 0 Å². The molecule has 0 radical (unpaired) electrons. The van der Waals surface area contributed by atoms with Crippen LogP contribution >= 0.6 is 45.2 Å². The topological polar surface area (TPSA) is 0 Å². The van der Waals surface area contributed by atoms with Crippen molar-refractivity contribution in [1.82, 2.24) is 0 Å². The molecular weight excluding hydrogens is 290 g/mol. The summed E-state index contributed by atoms with van der Waals surface area (Å²) >= 11 is 4.95. The van der Waals surface area contributed by atoms with Gasteiger partial charge in [-0.05, 0) is 6.42 Å². The first-order valence-electron chi connectivity index (χ1n) is 1.59. The van der Waals surface area contributed by atoms with Crippen LogP contribution in [-0.2, 0) is 0 Å². The maximum absolute atomic E-state index is 2.47. The predicted octanol–water partition coefficient (Wildman–Crippen LogP) is 2.00. The molecule has 0 aromatic rings. The Kier molecular flexibility index (Phi) is 1.40. The van der Waals surface area contributed by atoms with Crippen LogP contribution in [-0.4, -0.2) is 7.85 Å². The summed E-state index contributed by atoms with van der Waals surface area (Å²) in [5, 5.41) is 0. The SMILES string of the molecule is IC1C[C@@H]1I. The van der Waals surface area contributed by atoms with Crippen LogP contribution in [0.25, 0.3) is 0 Å². The molecule has 0 spiro atoms. The van der Waals surface area contributed by atoms with Gasteiger partial charge in [-0.15, -0.1) is 0 Å². The van der Waals surface area contributed by atoms with Gasteiger partial charge < -0.3 is 0 Å². The first-order chi connectivity index (χ1) is 2.30. The van der Waals surface area contributed by atoms with E-state index in [0.717, 1.165) is 7.85 Å². The molecule has 2 heteroatoms. The molecule has 2 atom stereocenters. The number of hydrogen-bond acceptors (Lipinski definition) is 0. The lowest BCUT2D eigenvalue weighted by molar-refractivity contribution is 1.55. The largest absolute Gasteiger partial charge is 0.0814 e. The van der Waals surface area contributed by atoms with Gasteiger partial charge in [0.1, 0.15) is 0 Å². The maximum Gasteiger partial charge on any atom is 0.0238 e. The van der Waals surface area contributed by atoms with Gasteiger partial charge in [-0.2, -0.15) is 0 Å². The van der Waals surface area contributed by atoms with Gasteiger partial charge in [0, 0.05) is 7.85 Å². The summed E-state index contributed by atoms with van der Waals surface area (Å²) in [6, 6.07) is 0. The van der Waals surface area contributed by atoms with Crippen molar-refractivity contribution in [3.05, 3.63) is 0 Å². The van der Waals surface area contributed by atoms with Crippen molar-refractivity contribution in [3.63, 3.8) is 0 Å². The third-order valence-corrected chi connectivity index (χ3v) is 4.77. The number of hydrogen-bond donors (Lipinski definition) is 0. The number of alkyl halides is 2. The minimum atomic E-state index is 1.01. The van der Waals surface area contributed by atoms with Gasteiger partial charge in [-0.1, -0.05) is 45.2 Å². The molecule has 0 aliphatic heterocycles. The Bertz CT molecular complexity index is 38.2. The molecular formula is C3H4I2. The van der Waals surface area contributed by atoms with Crippen LogP contribution in [0.3, 0.4) is 0 Å². The Morgan fingerprint density at radius 2 is 1.40 bits per heavy atom. The van der Waals surface area contributed by atoms with Crippen LogP contribution in [0.1, 0.15) is 6.42 Å². The fourth-order valence-corrected chi connectivity index (χ4v) is 2.21. The molecule has 0 bridgehead atoms. The van der Waals surface area contributed by atoms with Crippen LogP contribution in [0.4, 0.5) is 0 Å². The Morgan fingerprint density at radius 1 is 1.20 bits per heavy atom. The van der Waals surface area contributed by atoms with Gasteiger partial charge in [0.05, 0.1) is 0 Å². The van der Waals surface area contributed by atoms with Crippen molar-refractivity contribution in [1.29, 1.82) is 0 Å². The number of halogens is 2. The van der Waals surface area contributed by atoms with E-state index in [-0.39, 0.29) is 0 Å². The minimum absolute atomic E-state index is 1.01. The Labute approximate surface area is 59.0 Å². The molecule has 30 valence electrons. The third-order valence-electron chi connectivity index (χ3n) is 0.640. The van der Waals surface area contributed by atoms with Gasteiger partial charge in [-0.25, -0.2) is 0 Å². The molecule has 0 aromatic carbocycles. The zero-order valence-corrected chi connectivity index (χ0v) is 6.93. The van der Waals surface area contributed by atoms with Crippen LogP contribution in [0.5, 0.6) is 0 Å². The highest BCUT2D eigenvalue weighted by molar-refractivity contribution is 14.1. The van der Waals surface area contributed by atoms with E-state index >= 15 is 0 Å². The standard InChI is InChI=1S/C3H4I2/c4-2-1-3(2)5/h2-3H,1H2/t2-,3?/m0/s1. The quantitative estimate of drug-likeness (QED) is 0.473. The molecule has 1 aliphatic rings. The molecule has 0 heterocycles. The van der Waals surface area contributed by atoms with Crippen LogP contribution in [0.15, 0.2) is 0 Å². The first-order valence-corrected chi connectivity index (χ1v) is 4.08. The second-order valence-corrected chi connectivity index (χ2v) is 4.47. The summed E-state index contributed by atoms with van der Waals surface area (Å²) in [4.78, 5) is 0. The highest BCUT2D eigenvalue weighted by Gasteiger charge is 2.30. The monoisotopic (exact) mass is 294 g/mol. The van der Waals surface area contributed by atoms with Crippen molar-refractivity contribution >= 4 is 45.2 Å². The molecule has 1 aliphatic carbocycles. The molecule has 0 saturated heterocycles. The summed E-state index contributed by atoms with van der Waals surface area (Å²) in [6.45, 7) is 0. The van der Waals surface area contributed by atoms with E-state index < -0.39 is 0 Å². The average molecular weight is 294 g/mol. The summed E-state index contributed by atoms with van der Waals surface area (Å²) in [6.07, 6.45) is 1.45. The van der Waals surface area contributed by atoms with Crippen molar-refractivity contribution < 1.29 is 0 Å². The highest BCUT2D eigenvalue weighted by Crippen LogP contribution is 2.37. The van der Waals surface area contributed by atoms with E-state index in [1.165, 1.54) is 6.42 Å². The Morgan fingerprint density at radius 3 is 1.40 bits per heavy atom. The van der Waals surface area contributed by atoms with Crippen molar-refractivity contribution in [3.8, 4) is 0 Å². The molecule has 0 amide bonds. The first kappa shape index (κ1) is 4.61. The van der Waals surface area contributed by atoms with Crippen molar-refractivity contribution in [2.24, 2.45) is 0 Å². The summed E-state index contributed by atoms with van der Waals surface area (Å²) in [5.74, 6) is 0. The fraction of sp³-hybridized carbons (Fsp3) is 1.00. The lowest BCUT2D eigenvalue weighted by Gasteiger charge is -1.62. The second kappa shape index (κ2) is 1.52. The summed E-state index contributed by atoms with van der Waals surface area (Å²) in [5.41, 5.74) is 0. The van der Waals surface area contributed by atoms with Crippen molar-refractivity contribution in [2.75, 3.05) is 0 Å². The second-order valence-electron chi connectivity index (χ2n) is 1.27. The molecule has 0 nitrogen and oxygen atoms in total. The highest BCUT2D eigenvalue weighted by atomic mass is 127. The van der Waals surface area contributed by atoms with Gasteiger partial charge in [0.15, 0.2) is 0 Å². The van der Waals surface area contributed by atoms with E-state index in [1.807, 2.05) is 0 Å². The third kappa shape index (κ3) is 1.17. The van der Waals surface area contributed by atoms with E-state index in [9.17, 15) is 0 Å². The smallest absolute Gasteiger partial charge is 0.0238 e. The zero-order chi connectivity index (χ0) is 3.86. The minimum Gasteiger partial charge on any atom is -0.0814 e. The van der Waals surface area contributed by atoms with Gasteiger partial charge in [0.2, 0.25) is 0 Å². The molecule has 1 fully saturated rings. The lowest BCUT2D eigenvalue weighted by atomic mass is 11.0. The Balaban J connectivity index is 2.20. The maximum atomic E-state index is 2.47. The van der Waals surface area contributed by atoms with Crippen LogP contribution < -0.4 is 0 Å². The fourth-order valence-electron chi connectivity index (χ4n) is 0.137. The molecule has 5 heavy (non-hydrogen) atoms. The van der Waals surface area contributed by atoms with E-state index in [1.54, 1.807) is 0 Å².